The number of piperidine rings is 1. The molecule has 96 valence electrons. The van der Waals surface area contributed by atoms with E-state index in [2.05, 4.69) is 4.98 Å². The highest BCUT2D eigenvalue weighted by Gasteiger charge is 2.32. The highest BCUT2D eigenvalue weighted by atomic mass is 16.4. The van der Waals surface area contributed by atoms with E-state index >= 15 is 0 Å². The van der Waals surface area contributed by atoms with Crippen LogP contribution in [-0.2, 0) is 4.79 Å². The number of aryl methyl sites for hydroxylation is 1. The largest absolute Gasteiger partial charge is 0.480 e. The van der Waals surface area contributed by atoms with Crippen LogP contribution in [0.3, 0.4) is 0 Å². The molecule has 1 saturated heterocycles. The molecule has 0 saturated carbocycles. The Morgan fingerprint density at radius 2 is 2.17 bits per heavy atom. The van der Waals surface area contributed by atoms with Crippen LogP contribution in [0, 0.1) is 6.92 Å². The smallest absolute Gasteiger partial charge is 0.326 e. The van der Waals surface area contributed by atoms with E-state index in [1.54, 1.807) is 12.1 Å². The van der Waals surface area contributed by atoms with Gasteiger partial charge in [-0.25, -0.2) is 4.79 Å². The Morgan fingerprint density at radius 3 is 2.78 bits per heavy atom. The van der Waals surface area contributed by atoms with E-state index in [9.17, 15) is 9.59 Å². The van der Waals surface area contributed by atoms with Gasteiger partial charge in [0.05, 0.1) is 5.56 Å². The van der Waals surface area contributed by atoms with Crippen molar-refractivity contribution in [1.29, 1.82) is 0 Å². The molecule has 18 heavy (non-hydrogen) atoms. The first-order chi connectivity index (χ1) is 8.59. The first-order valence-electron chi connectivity index (χ1n) is 6.06. The average Bonchev–Trinajstić information content (AvgIpc) is 2.39. The monoisotopic (exact) mass is 248 g/mol. The Bertz CT molecular complexity index is 456. The summed E-state index contributed by atoms with van der Waals surface area (Å²) in [6.45, 7) is 2.35. The first kappa shape index (κ1) is 12.5. The maximum absolute atomic E-state index is 12.2. The topological polar surface area (TPSA) is 70.5 Å². The molecule has 5 heteroatoms. The quantitative estimate of drug-likeness (QED) is 0.860. The van der Waals surface area contributed by atoms with Crippen molar-refractivity contribution in [3.8, 4) is 0 Å². The summed E-state index contributed by atoms with van der Waals surface area (Å²) in [4.78, 5) is 28.9. The third-order valence-corrected chi connectivity index (χ3v) is 3.21. The number of likely N-dealkylation sites (tertiary alicyclic amines) is 1. The Hall–Kier alpha value is -1.91. The highest BCUT2D eigenvalue weighted by Crippen LogP contribution is 2.19. The summed E-state index contributed by atoms with van der Waals surface area (Å²) in [5.41, 5.74) is 1.29. The molecule has 2 rings (SSSR count). The second-order valence-corrected chi connectivity index (χ2v) is 4.54. The van der Waals surface area contributed by atoms with Gasteiger partial charge in [0.1, 0.15) is 6.04 Å². The molecular formula is C13H16N2O3. The number of pyridine rings is 1. The summed E-state index contributed by atoms with van der Waals surface area (Å²) in [6, 6.07) is 2.75. The van der Waals surface area contributed by atoms with Gasteiger partial charge >= 0.3 is 5.97 Å². The number of carbonyl (C=O) groups excluding carboxylic acids is 1. The Morgan fingerprint density at radius 1 is 1.39 bits per heavy atom. The summed E-state index contributed by atoms with van der Waals surface area (Å²) in [5.74, 6) is -1.17. The number of aromatic nitrogens is 1. The first-order valence-corrected chi connectivity index (χ1v) is 6.06. The molecule has 1 atom stereocenters. The minimum atomic E-state index is -0.928. The maximum atomic E-state index is 12.2. The van der Waals surface area contributed by atoms with E-state index < -0.39 is 12.0 Å². The van der Waals surface area contributed by atoms with Crippen molar-refractivity contribution in [1.82, 2.24) is 9.88 Å². The molecule has 0 aliphatic carbocycles. The fourth-order valence-corrected chi connectivity index (χ4v) is 2.19. The number of aliphatic carboxylic acids is 1. The highest BCUT2D eigenvalue weighted by molar-refractivity contribution is 5.96. The lowest BCUT2D eigenvalue weighted by Crippen LogP contribution is -2.48. The molecule has 1 amide bonds. The van der Waals surface area contributed by atoms with Crippen LogP contribution in [0.5, 0.6) is 0 Å². The van der Waals surface area contributed by atoms with Crippen molar-refractivity contribution in [2.75, 3.05) is 6.54 Å². The predicted molar refractivity (Wildman–Crippen MR) is 65.3 cm³/mol. The van der Waals surface area contributed by atoms with Gasteiger partial charge in [0.2, 0.25) is 0 Å². The standard InChI is InChI=1S/C13H16N2O3/c1-9-5-6-10(8-14-9)12(16)15-7-3-2-4-11(15)13(17)18/h5-6,8,11H,2-4,7H2,1H3,(H,17,18)/t11-/m0/s1. The van der Waals surface area contributed by atoms with Crippen molar-refractivity contribution in [3.63, 3.8) is 0 Å². The third-order valence-electron chi connectivity index (χ3n) is 3.21. The van der Waals surface area contributed by atoms with Crippen LogP contribution in [0.4, 0.5) is 0 Å². The molecule has 1 aliphatic rings. The number of carboxylic acids is 1. The van der Waals surface area contributed by atoms with Crippen LogP contribution < -0.4 is 0 Å². The second-order valence-electron chi connectivity index (χ2n) is 4.54. The van der Waals surface area contributed by atoms with Gasteiger partial charge in [0.15, 0.2) is 0 Å². The van der Waals surface area contributed by atoms with Crippen molar-refractivity contribution in [2.24, 2.45) is 0 Å². The fourth-order valence-electron chi connectivity index (χ4n) is 2.19. The summed E-state index contributed by atoms with van der Waals surface area (Å²) in [6.07, 6.45) is 3.74. The van der Waals surface area contributed by atoms with Gasteiger partial charge in [0, 0.05) is 18.4 Å². The molecule has 0 bridgehead atoms. The van der Waals surface area contributed by atoms with E-state index in [1.165, 1.54) is 11.1 Å². The van der Waals surface area contributed by atoms with E-state index in [0.29, 0.717) is 18.5 Å². The molecule has 0 unspecified atom stereocenters. The Balaban J connectivity index is 2.20. The zero-order valence-corrected chi connectivity index (χ0v) is 10.3. The molecule has 1 aromatic heterocycles. The molecular weight excluding hydrogens is 232 g/mol. The fraction of sp³-hybridized carbons (Fsp3) is 0.462. The van der Waals surface area contributed by atoms with Crippen LogP contribution in [0.1, 0.15) is 35.3 Å². The lowest BCUT2D eigenvalue weighted by molar-refractivity contribution is -0.143. The lowest BCUT2D eigenvalue weighted by Gasteiger charge is -2.32. The van der Waals surface area contributed by atoms with E-state index in [4.69, 9.17) is 5.11 Å². The summed E-state index contributed by atoms with van der Waals surface area (Å²) in [5, 5.41) is 9.14. The van der Waals surface area contributed by atoms with Crippen LogP contribution >= 0.6 is 0 Å². The predicted octanol–water partition coefficient (Wildman–Crippen LogP) is 1.47. The Labute approximate surface area is 105 Å². The molecule has 1 N–H and O–H groups in total. The maximum Gasteiger partial charge on any atom is 0.326 e. The molecule has 2 heterocycles. The van der Waals surface area contributed by atoms with Gasteiger partial charge in [-0.05, 0) is 38.3 Å². The summed E-state index contributed by atoms with van der Waals surface area (Å²) in [7, 11) is 0. The zero-order valence-electron chi connectivity index (χ0n) is 10.3. The lowest BCUT2D eigenvalue weighted by atomic mass is 10.0. The molecule has 0 spiro atoms. The number of carboxylic acid groups (broad SMARTS) is 1. The minimum Gasteiger partial charge on any atom is -0.480 e. The van der Waals surface area contributed by atoms with Crippen LogP contribution in [0.25, 0.3) is 0 Å². The van der Waals surface area contributed by atoms with Crippen molar-refractivity contribution in [3.05, 3.63) is 29.6 Å². The number of carbonyl (C=O) groups is 2. The van der Waals surface area contributed by atoms with Gasteiger partial charge in [-0.1, -0.05) is 0 Å². The van der Waals surface area contributed by atoms with Crippen molar-refractivity contribution < 1.29 is 14.7 Å². The molecule has 0 aromatic carbocycles. The van der Waals surface area contributed by atoms with E-state index in [0.717, 1.165) is 18.5 Å². The molecule has 1 aromatic rings. The van der Waals surface area contributed by atoms with E-state index in [-0.39, 0.29) is 5.91 Å². The number of amides is 1. The van der Waals surface area contributed by atoms with Gasteiger partial charge in [-0.15, -0.1) is 0 Å². The van der Waals surface area contributed by atoms with Gasteiger partial charge < -0.3 is 10.0 Å². The number of nitrogens with zero attached hydrogens (tertiary/aromatic N) is 2. The average molecular weight is 248 g/mol. The number of hydrogen-bond donors (Lipinski definition) is 1. The normalized spacial score (nSPS) is 19.6. The van der Waals surface area contributed by atoms with Crippen molar-refractivity contribution >= 4 is 11.9 Å². The second kappa shape index (κ2) is 5.16. The van der Waals surface area contributed by atoms with Gasteiger partial charge in [-0.2, -0.15) is 0 Å². The third kappa shape index (κ3) is 2.50. The number of hydrogen-bond acceptors (Lipinski definition) is 3. The zero-order chi connectivity index (χ0) is 13.1. The van der Waals surface area contributed by atoms with Gasteiger partial charge in [0.25, 0.3) is 5.91 Å². The molecule has 0 radical (unpaired) electrons. The molecule has 1 aliphatic heterocycles. The molecule has 1 fully saturated rings. The summed E-state index contributed by atoms with van der Waals surface area (Å²) >= 11 is 0. The Kier molecular flexibility index (Phi) is 3.60. The summed E-state index contributed by atoms with van der Waals surface area (Å²) < 4.78 is 0. The SMILES string of the molecule is Cc1ccc(C(=O)N2CCCC[C@H]2C(=O)O)cn1. The molecule has 5 nitrogen and oxygen atoms in total. The number of rotatable bonds is 2. The van der Waals surface area contributed by atoms with Crippen molar-refractivity contribution in [2.45, 2.75) is 32.2 Å². The van der Waals surface area contributed by atoms with E-state index in [1.807, 2.05) is 6.92 Å². The van der Waals surface area contributed by atoms with Crippen LogP contribution in [0.2, 0.25) is 0 Å². The van der Waals surface area contributed by atoms with Crippen LogP contribution in [0.15, 0.2) is 18.3 Å². The minimum absolute atomic E-state index is 0.241. The van der Waals surface area contributed by atoms with Gasteiger partial charge in [-0.3, -0.25) is 9.78 Å². The van der Waals surface area contributed by atoms with Crippen LogP contribution in [-0.4, -0.2) is 39.5 Å².